The Balaban J connectivity index is 2.10. The summed E-state index contributed by atoms with van der Waals surface area (Å²) < 4.78 is 5.06. The van der Waals surface area contributed by atoms with Crippen LogP contribution >= 0.6 is 0 Å². The average Bonchev–Trinajstić information content (AvgIpc) is 2.49. The van der Waals surface area contributed by atoms with Gasteiger partial charge >= 0.3 is 0 Å². The molecule has 0 amide bonds. The number of benzene rings is 2. The molecule has 0 aliphatic rings. The monoisotopic (exact) mass is 283 g/mol. The van der Waals surface area contributed by atoms with Gasteiger partial charge in [0.15, 0.2) is 5.78 Å². The van der Waals surface area contributed by atoms with Crippen molar-refractivity contribution in [3.8, 4) is 11.5 Å². The number of phenols is 1. The van der Waals surface area contributed by atoms with Crippen molar-refractivity contribution in [1.82, 2.24) is 0 Å². The summed E-state index contributed by atoms with van der Waals surface area (Å²) in [5.74, 6) is 0.736. The van der Waals surface area contributed by atoms with Gasteiger partial charge in [0.2, 0.25) is 0 Å². The molecule has 0 heterocycles. The second-order valence-corrected chi connectivity index (χ2v) is 4.56. The number of phenolic OH excluding ortho intramolecular Hbond substituents is 1. The summed E-state index contributed by atoms with van der Waals surface area (Å²) in [4.78, 5) is 12.1. The summed E-state index contributed by atoms with van der Waals surface area (Å²) in [6.07, 6.45) is 1.49. The highest BCUT2D eigenvalue weighted by Gasteiger charge is 2.05. The lowest BCUT2D eigenvalue weighted by Crippen LogP contribution is -2.01. The number of carbonyl (C=O) groups is 1. The molecule has 0 atom stereocenters. The number of anilines is 1. The van der Waals surface area contributed by atoms with Gasteiger partial charge in [-0.2, -0.15) is 0 Å². The highest BCUT2D eigenvalue weighted by Crippen LogP contribution is 2.23. The van der Waals surface area contributed by atoms with Gasteiger partial charge in [-0.1, -0.05) is 12.1 Å². The molecule has 0 aromatic heterocycles. The van der Waals surface area contributed by atoms with E-state index in [1.807, 2.05) is 0 Å². The number of methoxy groups -OCH3 is 1. The van der Waals surface area contributed by atoms with E-state index >= 15 is 0 Å². The zero-order chi connectivity index (χ0) is 15.2. The number of hydrogen-bond acceptors (Lipinski definition) is 4. The van der Waals surface area contributed by atoms with Crippen LogP contribution in [0.3, 0.4) is 0 Å². The highest BCUT2D eigenvalue weighted by atomic mass is 16.5. The van der Waals surface area contributed by atoms with E-state index in [2.05, 4.69) is 5.32 Å². The van der Waals surface area contributed by atoms with Gasteiger partial charge in [-0.25, -0.2) is 0 Å². The van der Waals surface area contributed by atoms with Crippen LogP contribution in [-0.4, -0.2) is 18.0 Å². The predicted octanol–water partition coefficient (Wildman–Crippen LogP) is 3.60. The number of carbonyl (C=O) groups excluding carboxylic acids is 1. The number of ketones is 1. The van der Waals surface area contributed by atoms with Gasteiger partial charge in [0.05, 0.1) is 12.8 Å². The average molecular weight is 283 g/mol. The Labute approximate surface area is 123 Å². The fraction of sp³-hybridized carbons (Fsp3) is 0.118. The Morgan fingerprint density at radius 1 is 1.14 bits per heavy atom. The third-order valence-corrected chi connectivity index (χ3v) is 2.96. The van der Waals surface area contributed by atoms with Crippen molar-refractivity contribution in [2.24, 2.45) is 0 Å². The number of rotatable bonds is 5. The van der Waals surface area contributed by atoms with Crippen LogP contribution in [0.25, 0.3) is 0 Å². The molecule has 2 N–H and O–H groups in total. The minimum atomic E-state index is -0.113. The van der Waals surface area contributed by atoms with Gasteiger partial charge in [-0.05, 0) is 43.3 Å². The molecule has 0 saturated carbocycles. The molecule has 0 fully saturated rings. The van der Waals surface area contributed by atoms with Crippen molar-refractivity contribution < 1.29 is 14.6 Å². The molecule has 0 aliphatic carbocycles. The topological polar surface area (TPSA) is 58.6 Å². The van der Waals surface area contributed by atoms with Crippen LogP contribution in [0.1, 0.15) is 17.3 Å². The zero-order valence-corrected chi connectivity index (χ0v) is 12.0. The molecule has 2 rings (SSSR count). The summed E-state index contributed by atoms with van der Waals surface area (Å²) in [7, 11) is 1.58. The van der Waals surface area contributed by atoms with Crippen molar-refractivity contribution in [1.29, 1.82) is 0 Å². The van der Waals surface area contributed by atoms with Crippen LogP contribution in [-0.2, 0) is 0 Å². The van der Waals surface area contributed by atoms with E-state index in [0.29, 0.717) is 22.7 Å². The van der Waals surface area contributed by atoms with Gasteiger partial charge in [-0.15, -0.1) is 0 Å². The standard InChI is InChI=1S/C17H17NO3/c1-12(18-15-5-3-4-6-16(15)19)11-17(20)13-7-9-14(21-2)10-8-13/h3-11,18-19H,1-2H3/b12-11+. The summed E-state index contributed by atoms with van der Waals surface area (Å²) in [6, 6.07) is 13.8. The molecule has 0 bridgehead atoms. The van der Waals surface area contributed by atoms with Gasteiger partial charge in [0.25, 0.3) is 0 Å². The van der Waals surface area contributed by atoms with E-state index in [0.717, 1.165) is 0 Å². The first-order chi connectivity index (χ1) is 10.1. The van der Waals surface area contributed by atoms with Crippen LogP contribution in [0, 0.1) is 0 Å². The number of aromatic hydroxyl groups is 1. The first-order valence-corrected chi connectivity index (χ1v) is 6.52. The Hall–Kier alpha value is -2.75. The van der Waals surface area contributed by atoms with Crippen LogP contribution in [0.2, 0.25) is 0 Å². The molecule has 2 aromatic rings. The Morgan fingerprint density at radius 2 is 1.81 bits per heavy atom. The molecule has 0 radical (unpaired) electrons. The fourth-order valence-electron chi connectivity index (χ4n) is 1.86. The van der Waals surface area contributed by atoms with Gasteiger partial charge in [-0.3, -0.25) is 4.79 Å². The molecule has 0 unspecified atom stereocenters. The SMILES string of the molecule is COc1ccc(C(=O)/C=C(\C)Nc2ccccc2O)cc1. The number of para-hydroxylation sites is 2. The molecule has 0 saturated heterocycles. The van der Waals surface area contributed by atoms with Crippen LogP contribution in [0.15, 0.2) is 60.3 Å². The Kier molecular flexibility index (Phi) is 4.61. The second kappa shape index (κ2) is 6.61. The first-order valence-electron chi connectivity index (χ1n) is 6.52. The summed E-state index contributed by atoms with van der Waals surface area (Å²) in [6.45, 7) is 1.77. The maximum atomic E-state index is 12.1. The van der Waals surface area contributed by atoms with Crippen molar-refractivity contribution in [2.75, 3.05) is 12.4 Å². The maximum Gasteiger partial charge on any atom is 0.187 e. The van der Waals surface area contributed by atoms with Crippen molar-refractivity contribution in [3.05, 3.63) is 65.9 Å². The number of hydrogen-bond donors (Lipinski definition) is 2. The molecule has 108 valence electrons. The van der Waals surface area contributed by atoms with Crippen molar-refractivity contribution >= 4 is 11.5 Å². The van der Waals surface area contributed by atoms with E-state index < -0.39 is 0 Å². The minimum absolute atomic E-state index is 0.113. The molecular formula is C17H17NO3. The third-order valence-electron chi connectivity index (χ3n) is 2.96. The number of ether oxygens (including phenoxy) is 1. The van der Waals surface area contributed by atoms with Gasteiger partial charge in [0, 0.05) is 17.3 Å². The van der Waals surface area contributed by atoms with E-state index in [4.69, 9.17) is 4.74 Å². The smallest absolute Gasteiger partial charge is 0.187 e. The molecule has 0 aliphatic heterocycles. The summed E-state index contributed by atoms with van der Waals surface area (Å²) in [5, 5.41) is 12.7. The molecular weight excluding hydrogens is 266 g/mol. The molecule has 2 aromatic carbocycles. The molecule has 4 nitrogen and oxygen atoms in total. The lowest BCUT2D eigenvalue weighted by Gasteiger charge is -2.08. The Bertz CT molecular complexity index is 660. The van der Waals surface area contributed by atoms with E-state index in [1.54, 1.807) is 62.6 Å². The second-order valence-electron chi connectivity index (χ2n) is 4.56. The van der Waals surface area contributed by atoms with E-state index in [-0.39, 0.29) is 11.5 Å². The van der Waals surface area contributed by atoms with E-state index in [9.17, 15) is 9.90 Å². The zero-order valence-electron chi connectivity index (χ0n) is 12.0. The highest BCUT2D eigenvalue weighted by molar-refractivity contribution is 6.05. The lowest BCUT2D eigenvalue weighted by atomic mass is 10.1. The third kappa shape index (κ3) is 3.86. The van der Waals surface area contributed by atoms with Crippen molar-refractivity contribution in [2.45, 2.75) is 6.92 Å². The lowest BCUT2D eigenvalue weighted by molar-refractivity contribution is 0.104. The summed E-state index contributed by atoms with van der Waals surface area (Å²) >= 11 is 0. The largest absolute Gasteiger partial charge is 0.506 e. The Morgan fingerprint density at radius 3 is 2.43 bits per heavy atom. The predicted molar refractivity (Wildman–Crippen MR) is 82.8 cm³/mol. The van der Waals surface area contributed by atoms with E-state index in [1.165, 1.54) is 6.08 Å². The normalized spacial score (nSPS) is 11.0. The molecule has 0 spiro atoms. The fourth-order valence-corrected chi connectivity index (χ4v) is 1.86. The van der Waals surface area contributed by atoms with Gasteiger partial charge < -0.3 is 15.2 Å². The first kappa shape index (κ1) is 14.7. The van der Waals surface area contributed by atoms with Crippen LogP contribution in [0.5, 0.6) is 11.5 Å². The maximum absolute atomic E-state index is 12.1. The molecule has 21 heavy (non-hydrogen) atoms. The quantitative estimate of drug-likeness (QED) is 0.500. The van der Waals surface area contributed by atoms with Crippen LogP contribution < -0.4 is 10.1 Å². The molecule has 4 heteroatoms. The summed E-state index contributed by atoms with van der Waals surface area (Å²) in [5.41, 5.74) is 1.79. The van der Waals surface area contributed by atoms with Gasteiger partial charge in [0.1, 0.15) is 11.5 Å². The minimum Gasteiger partial charge on any atom is -0.506 e. The van der Waals surface area contributed by atoms with Crippen molar-refractivity contribution in [3.63, 3.8) is 0 Å². The van der Waals surface area contributed by atoms with Crippen LogP contribution in [0.4, 0.5) is 5.69 Å². The number of nitrogens with one attached hydrogen (secondary N) is 1. The number of allylic oxidation sites excluding steroid dienone is 2.